The highest BCUT2D eigenvalue weighted by Gasteiger charge is 2.13. The Bertz CT molecular complexity index is 626. The second-order valence-electron chi connectivity index (χ2n) is 4.78. The Balaban J connectivity index is 2.22. The highest BCUT2D eigenvalue weighted by atomic mass is 79.9. The van der Waals surface area contributed by atoms with E-state index in [2.05, 4.69) is 31.2 Å². The molecule has 2 rings (SSSR count). The first-order valence-electron chi connectivity index (χ1n) is 6.37. The summed E-state index contributed by atoms with van der Waals surface area (Å²) in [6.45, 7) is 4.40. The molecule has 0 unspecified atom stereocenters. The van der Waals surface area contributed by atoms with Crippen LogP contribution in [0, 0.1) is 0 Å². The van der Waals surface area contributed by atoms with Gasteiger partial charge in [0.05, 0.1) is 5.88 Å². The summed E-state index contributed by atoms with van der Waals surface area (Å²) in [5, 5.41) is 2.87. The number of nitrogens with zero attached hydrogens (tertiary/aromatic N) is 3. The lowest BCUT2D eigenvalue weighted by atomic mass is 10.3. The fourth-order valence-electron chi connectivity index (χ4n) is 1.98. The third-order valence-electron chi connectivity index (χ3n) is 2.76. The van der Waals surface area contributed by atoms with Gasteiger partial charge in [0.1, 0.15) is 11.3 Å². The van der Waals surface area contributed by atoms with Crippen LogP contribution >= 0.6 is 27.5 Å². The maximum absolute atomic E-state index is 11.7. The SMILES string of the molecule is CC(C)NC(=O)CCn1c(CCl)nc2cc(Br)cnc21. The van der Waals surface area contributed by atoms with Gasteiger partial charge in [0.15, 0.2) is 5.65 Å². The van der Waals surface area contributed by atoms with Crippen LogP contribution in [0.25, 0.3) is 11.2 Å². The number of pyridine rings is 1. The van der Waals surface area contributed by atoms with E-state index in [9.17, 15) is 4.79 Å². The maximum atomic E-state index is 11.7. The average molecular weight is 360 g/mol. The van der Waals surface area contributed by atoms with Crippen molar-refractivity contribution in [3.05, 3.63) is 22.6 Å². The van der Waals surface area contributed by atoms with E-state index in [0.717, 1.165) is 21.5 Å². The van der Waals surface area contributed by atoms with Crippen LogP contribution in [-0.2, 0) is 17.2 Å². The highest BCUT2D eigenvalue weighted by molar-refractivity contribution is 9.10. The van der Waals surface area contributed by atoms with Crippen molar-refractivity contribution in [2.75, 3.05) is 0 Å². The summed E-state index contributed by atoms with van der Waals surface area (Å²) in [7, 11) is 0. The highest BCUT2D eigenvalue weighted by Crippen LogP contribution is 2.19. The van der Waals surface area contributed by atoms with Crippen LogP contribution in [0.3, 0.4) is 0 Å². The van der Waals surface area contributed by atoms with Crippen molar-refractivity contribution in [1.82, 2.24) is 19.9 Å². The molecule has 0 aliphatic heterocycles. The van der Waals surface area contributed by atoms with Crippen LogP contribution in [0.4, 0.5) is 0 Å². The van der Waals surface area contributed by atoms with Crippen LogP contribution in [0.1, 0.15) is 26.1 Å². The molecule has 0 bridgehead atoms. The van der Waals surface area contributed by atoms with Crippen LogP contribution in [-0.4, -0.2) is 26.5 Å². The van der Waals surface area contributed by atoms with E-state index in [1.807, 2.05) is 24.5 Å². The zero-order valence-corrected chi connectivity index (χ0v) is 13.7. The third kappa shape index (κ3) is 3.49. The zero-order chi connectivity index (χ0) is 14.7. The molecule has 0 radical (unpaired) electrons. The first kappa shape index (κ1) is 15.3. The van der Waals surface area contributed by atoms with Crippen LogP contribution in [0.5, 0.6) is 0 Å². The third-order valence-corrected chi connectivity index (χ3v) is 3.43. The number of amides is 1. The molecule has 2 heterocycles. The predicted octanol–water partition coefficient (Wildman–Crippen LogP) is 2.85. The van der Waals surface area contributed by atoms with Gasteiger partial charge in [0, 0.05) is 29.7 Å². The summed E-state index contributed by atoms with van der Waals surface area (Å²) in [4.78, 5) is 20.5. The zero-order valence-electron chi connectivity index (χ0n) is 11.4. The van der Waals surface area contributed by atoms with Crippen molar-refractivity contribution >= 4 is 44.6 Å². The fraction of sp³-hybridized carbons (Fsp3) is 0.462. The molecule has 20 heavy (non-hydrogen) atoms. The number of carbonyl (C=O) groups is 1. The summed E-state index contributed by atoms with van der Waals surface area (Å²) in [6.07, 6.45) is 2.10. The van der Waals surface area contributed by atoms with E-state index in [1.54, 1.807) is 6.20 Å². The van der Waals surface area contributed by atoms with Gasteiger partial charge in [-0.05, 0) is 35.8 Å². The Hall–Kier alpha value is -1.14. The molecule has 0 saturated heterocycles. The van der Waals surface area contributed by atoms with Gasteiger partial charge in [-0.1, -0.05) is 0 Å². The Labute approximate surface area is 130 Å². The van der Waals surface area contributed by atoms with Crippen molar-refractivity contribution in [3.8, 4) is 0 Å². The minimum absolute atomic E-state index is 0.0134. The molecule has 0 aliphatic carbocycles. The molecule has 1 N–H and O–H groups in total. The second kappa shape index (κ2) is 6.54. The van der Waals surface area contributed by atoms with Gasteiger partial charge in [-0.2, -0.15) is 0 Å². The Morgan fingerprint density at radius 2 is 2.30 bits per heavy atom. The molecular formula is C13H16BrClN4O. The molecule has 7 heteroatoms. The minimum atomic E-state index is 0.0134. The smallest absolute Gasteiger partial charge is 0.221 e. The number of nitrogens with one attached hydrogen (secondary N) is 1. The number of aryl methyl sites for hydroxylation is 1. The predicted molar refractivity (Wildman–Crippen MR) is 82.7 cm³/mol. The van der Waals surface area contributed by atoms with Crippen LogP contribution in [0.2, 0.25) is 0 Å². The first-order chi connectivity index (χ1) is 9.51. The van der Waals surface area contributed by atoms with E-state index in [1.165, 1.54) is 0 Å². The van der Waals surface area contributed by atoms with E-state index in [0.29, 0.717) is 18.8 Å². The maximum Gasteiger partial charge on any atom is 0.221 e. The molecule has 108 valence electrons. The van der Waals surface area contributed by atoms with Gasteiger partial charge in [-0.15, -0.1) is 11.6 Å². The lowest BCUT2D eigenvalue weighted by Crippen LogP contribution is -2.30. The second-order valence-corrected chi connectivity index (χ2v) is 5.96. The van der Waals surface area contributed by atoms with Crippen molar-refractivity contribution in [3.63, 3.8) is 0 Å². The number of fused-ring (bicyclic) bond motifs is 1. The Morgan fingerprint density at radius 1 is 1.55 bits per heavy atom. The van der Waals surface area contributed by atoms with E-state index < -0.39 is 0 Å². The Kier molecular flexibility index (Phi) is 4.99. The number of rotatable bonds is 5. The van der Waals surface area contributed by atoms with Gasteiger partial charge in [0.2, 0.25) is 5.91 Å². The summed E-state index contributed by atoms with van der Waals surface area (Å²) < 4.78 is 2.77. The number of imidazole rings is 1. The monoisotopic (exact) mass is 358 g/mol. The number of carbonyl (C=O) groups excluding carboxylic acids is 1. The number of hydrogen-bond acceptors (Lipinski definition) is 3. The van der Waals surface area contributed by atoms with Crippen molar-refractivity contribution in [1.29, 1.82) is 0 Å². The summed E-state index contributed by atoms with van der Waals surface area (Å²) in [6, 6.07) is 2.03. The lowest BCUT2D eigenvalue weighted by Gasteiger charge is -2.10. The average Bonchev–Trinajstić information content (AvgIpc) is 2.72. The fourth-order valence-corrected chi connectivity index (χ4v) is 2.50. The quantitative estimate of drug-likeness (QED) is 0.835. The van der Waals surface area contributed by atoms with Crippen molar-refractivity contribution in [2.45, 2.75) is 38.7 Å². The van der Waals surface area contributed by atoms with E-state index in [-0.39, 0.29) is 11.9 Å². The number of halogens is 2. The molecule has 1 amide bonds. The molecule has 0 spiro atoms. The van der Waals surface area contributed by atoms with Gasteiger partial charge < -0.3 is 9.88 Å². The molecule has 0 fully saturated rings. The molecule has 2 aromatic rings. The molecular weight excluding hydrogens is 344 g/mol. The number of aromatic nitrogens is 3. The largest absolute Gasteiger partial charge is 0.354 e. The number of hydrogen-bond donors (Lipinski definition) is 1. The standard InChI is InChI=1S/C13H16BrClN4O/c1-8(2)17-12(20)3-4-19-11(6-15)18-10-5-9(14)7-16-13(10)19/h5,7-8H,3-4,6H2,1-2H3,(H,17,20). The minimum Gasteiger partial charge on any atom is -0.354 e. The first-order valence-corrected chi connectivity index (χ1v) is 7.70. The van der Waals surface area contributed by atoms with E-state index >= 15 is 0 Å². The van der Waals surface area contributed by atoms with Crippen molar-refractivity contribution in [2.24, 2.45) is 0 Å². The summed E-state index contributed by atoms with van der Waals surface area (Å²) in [5.41, 5.74) is 1.53. The van der Waals surface area contributed by atoms with Gasteiger partial charge >= 0.3 is 0 Å². The topological polar surface area (TPSA) is 59.8 Å². The summed E-state index contributed by atoms with van der Waals surface area (Å²) >= 11 is 9.29. The molecule has 0 atom stereocenters. The lowest BCUT2D eigenvalue weighted by molar-refractivity contribution is -0.121. The number of alkyl halides is 1. The van der Waals surface area contributed by atoms with Crippen LogP contribution < -0.4 is 5.32 Å². The Morgan fingerprint density at radius 3 is 2.95 bits per heavy atom. The van der Waals surface area contributed by atoms with Crippen molar-refractivity contribution < 1.29 is 4.79 Å². The van der Waals surface area contributed by atoms with Gasteiger partial charge in [-0.3, -0.25) is 4.79 Å². The molecule has 0 saturated carbocycles. The molecule has 5 nitrogen and oxygen atoms in total. The summed E-state index contributed by atoms with van der Waals surface area (Å²) in [5.74, 6) is 1.03. The molecule has 0 aliphatic rings. The van der Waals surface area contributed by atoms with Gasteiger partial charge in [-0.25, -0.2) is 9.97 Å². The molecule has 2 aromatic heterocycles. The normalized spacial score (nSPS) is 11.2. The van der Waals surface area contributed by atoms with E-state index in [4.69, 9.17) is 11.6 Å². The molecule has 0 aromatic carbocycles. The van der Waals surface area contributed by atoms with Crippen LogP contribution in [0.15, 0.2) is 16.7 Å². The van der Waals surface area contributed by atoms with Gasteiger partial charge in [0.25, 0.3) is 0 Å².